The van der Waals surface area contributed by atoms with Gasteiger partial charge in [-0.1, -0.05) is 13.8 Å². The van der Waals surface area contributed by atoms with E-state index in [1.165, 1.54) is 6.07 Å². The molecule has 0 aromatic carbocycles. The zero-order chi connectivity index (χ0) is 18.4. The molecule has 4 nitrogen and oxygen atoms in total. The van der Waals surface area contributed by atoms with Crippen LogP contribution in [0.2, 0.25) is 0 Å². The summed E-state index contributed by atoms with van der Waals surface area (Å²) >= 11 is 0. The Kier molecular flexibility index (Phi) is 6.36. The van der Waals surface area contributed by atoms with Gasteiger partial charge in [-0.3, -0.25) is 4.98 Å². The minimum atomic E-state index is -2.82. The molecule has 0 fully saturated rings. The maximum Gasteiger partial charge on any atom is 0.284 e. The van der Waals surface area contributed by atoms with E-state index < -0.39 is 24.3 Å². The molecule has 2 rings (SSSR count). The van der Waals surface area contributed by atoms with Crippen LogP contribution < -0.4 is 10.5 Å². The first kappa shape index (κ1) is 19.2. The van der Waals surface area contributed by atoms with E-state index in [-0.39, 0.29) is 18.3 Å². The Hall–Kier alpha value is -2.15. The van der Waals surface area contributed by atoms with E-state index >= 15 is 0 Å². The van der Waals surface area contributed by atoms with Crippen LogP contribution in [0.25, 0.3) is 11.3 Å². The predicted octanol–water partition coefficient (Wildman–Crippen LogP) is 4.17. The molecular weight excluding hydrogens is 331 g/mol. The second-order valence-electron chi connectivity index (χ2n) is 6.50. The van der Waals surface area contributed by atoms with Crippen molar-refractivity contribution < 1.29 is 17.9 Å². The third kappa shape index (κ3) is 5.16. The lowest BCUT2D eigenvalue weighted by Gasteiger charge is -2.28. The lowest BCUT2D eigenvalue weighted by atomic mass is 9.92. The molecule has 0 saturated heterocycles. The highest BCUT2D eigenvalue weighted by atomic mass is 19.3. The largest absolute Gasteiger partial charge is 0.489 e. The standard InChI is InChI=1S/C18H22F3N3O/c1-12(2)9-18(22,10-19)11-25-15-4-3-14(24-16(15)17(20)21)13-5-7-23-8-6-13/h3-8,12,17H,9-11,22H2,1-2H3. The van der Waals surface area contributed by atoms with E-state index in [0.29, 0.717) is 17.7 Å². The van der Waals surface area contributed by atoms with Crippen molar-refractivity contribution in [2.24, 2.45) is 11.7 Å². The average molecular weight is 353 g/mol. The SMILES string of the molecule is CC(C)CC(N)(CF)COc1ccc(-c2ccncc2)nc1C(F)F. The molecule has 0 bridgehead atoms. The molecule has 136 valence electrons. The van der Waals surface area contributed by atoms with Gasteiger partial charge < -0.3 is 10.5 Å². The summed E-state index contributed by atoms with van der Waals surface area (Å²) in [6, 6.07) is 6.34. The van der Waals surface area contributed by atoms with Gasteiger partial charge in [-0.2, -0.15) is 0 Å². The van der Waals surface area contributed by atoms with Gasteiger partial charge in [-0.15, -0.1) is 0 Å². The van der Waals surface area contributed by atoms with Gasteiger partial charge in [-0.05, 0) is 36.6 Å². The topological polar surface area (TPSA) is 61.0 Å². The summed E-state index contributed by atoms with van der Waals surface area (Å²) in [5, 5.41) is 0. The maximum atomic E-state index is 13.4. The second-order valence-corrected chi connectivity index (χ2v) is 6.50. The average Bonchev–Trinajstić information content (AvgIpc) is 2.60. The Balaban J connectivity index is 2.23. The van der Waals surface area contributed by atoms with Crippen molar-refractivity contribution in [1.29, 1.82) is 0 Å². The number of pyridine rings is 2. The van der Waals surface area contributed by atoms with Crippen LogP contribution in [0.1, 0.15) is 32.4 Å². The molecule has 2 heterocycles. The summed E-state index contributed by atoms with van der Waals surface area (Å²) in [5.74, 6) is 0.0750. The number of hydrogen-bond donors (Lipinski definition) is 1. The zero-order valence-electron chi connectivity index (χ0n) is 14.3. The Morgan fingerprint density at radius 3 is 2.40 bits per heavy atom. The zero-order valence-corrected chi connectivity index (χ0v) is 14.3. The molecule has 1 atom stereocenters. The van der Waals surface area contributed by atoms with Gasteiger partial charge in [0, 0.05) is 18.0 Å². The second kappa shape index (κ2) is 8.29. The van der Waals surface area contributed by atoms with Crippen LogP contribution >= 0.6 is 0 Å². The molecule has 0 aliphatic carbocycles. The molecule has 0 amide bonds. The quantitative estimate of drug-likeness (QED) is 0.774. The number of alkyl halides is 3. The molecule has 25 heavy (non-hydrogen) atoms. The smallest absolute Gasteiger partial charge is 0.284 e. The van der Waals surface area contributed by atoms with Crippen molar-refractivity contribution in [3.8, 4) is 17.0 Å². The Labute approximate surface area is 145 Å². The van der Waals surface area contributed by atoms with Gasteiger partial charge in [0.1, 0.15) is 24.7 Å². The van der Waals surface area contributed by atoms with E-state index in [9.17, 15) is 13.2 Å². The van der Waals surface area contributed by atoms with Crippen molar-refractivity contribution in [3.63, 3.8) is 0 Å². The predicted molar refractivity (Wildman–Crippen MR) is 90.3 cm³/mol. The number of ether oxygens (including phenoxy) is 1. The fourth-order valence-corrected chi connectivity index (χ4v) is 2.61. The molecule has 2 N–H and O–H groups in total. The number of hydrogen-bond acceptors (Lipinski definition) is 4. The van der Waals surface area contributed by atoms with Gasteiger partial charge in [0.25, 0.3) is 6.43 Å². The molecule has 0 saturated carbocycles. The summed E-state index contributed by atoms with van der Waals surface area (Å²) in [4.78, 5) is 7.88. The van der Waals surface area contributed by atoms with Gasteiger partial charge in [0.05, 0.1) is 11.2 Å². The van der Waals surface area contributed by atoms with Crippen LogP contribution in [0.5, 0.6) is 5.75 Å². The summed E-state index contributed by atoms with van der Waals surface area (Å²) in [7, 11) is 0. The molecule has 0 radical (unpaired) electrons. The van der Waals surface area contributed by atoms with Crippen LogP contribution in [0, 0.1) is 5.92 Å². The molecule has 2 aromatic heterocycles. The summed E-state index contributed by atoms with van der Waals surface area (Å²) in [5.41, 5.74) is 5.33. The van der Waals surface area contributed by atoms with E-state index in [4.69, 9.17) is 10.5 Å². The van der Waals surface area contributed by atoms with E-state index in [1.54, 1.807) is 30.6 Å². The van der Waals surface area contributed by atoms with Crippen molar-refractivity contribution in [2.75, 3.05) is 13.3 Å². The third-order valence-corrected chi connectivity index (χ3v) is 3.66. The van der Waals surface area contributed by atoms with Crippen LogP contribution in [0.3, 0.4) is 0 Å². The van der Waals surface area contributed by atoms with Gasteiger partial charge in [0.2, 0.25) is 0 Å². The van der Waals surface area contributed by atoms with Gasteiger partial charge >= 0.3 is 0 Å². The molecule has 0 spiro atoms. The van der Waals surface area contributed by atoms with Crippen molar-refractivity contribution in [3.05, 3.63) is 42.4 Å². The summed E-state index contributed by atoms with van der Waals surface area (Å²) in [6.45, 7) is 2.83. The van der Waals surface area contributed by atoms with Gasteiger partial charge in [0.15, 0.2) is 0 Å². The summed E-state index contributed by atoms with van der Waals surface area (Å²) in [6.07, 6.45) is 0.675. The Bertz CT molecular complexity index is 683. The molecule has 7 heteroatoms. The lowest BCUT2D eigenvalue weighted by molar-refractivity contribution is 0.127. The van der Waals surface area contributed by atoms with E-state index in [2.05, 4.69) is 9.97 Å². The molecular formula is C18H22F3N3O. The van der Waals surface area contributed by atoms with Crippen molar-refractivity contribution in [2.45, 2.75) is 32.2 Å². The first-order chi connectivity index (χ1) is 11.8. The highest BCUT2D eigenvalue weighted by Gasteiger charge is 2.28. The number of rotatable bonds is 8. The van der Waals surface area contributed by atoms with Crippen LogP contribution in [-0.4, -0.2) is 28.8 Å². The van der Waals surface area contributed by atoms with Crippen molar-refractivity contribution in [1.82, 2.24) is 9.97 Å². The molecule has 0 aliphatic heterocycles. The minimum absolute atomic E-state index is 0.0835. The van der Waals surface area contributed by atoms with Crippen LogP contribution in [0.15, 0.2) is 36.7 Å². The first-order valence-corrected chi connectivity index (χ1v) is 8.02. The number of halogens is 3. The fourth-order valence-electron chi connectivity index (χ4n) is 2.61. The monoisotopic (exact) mass is 353 g/mol. The van der Waals surface area contributed by atoms with Crippen molar-refractivity contribution >= 4 is 0 Å². The van der Waals surface area contributed by atoms with E-state index in [0.717, 1.165) is 0 Å². The Morgan fingerprint density at radius 2 is 1.84 bits per heavy atom. The van der Waals surface area contributed by atoms with Crippen LogP contribution in [0.4, 0.5) is 13.2 Å². The van der Waals surface area contributed by atoms with Crippen LogP contribution in [-0.2, 0) is 0 Å². The number of nitrogens with two attached hydrogens (primary N) is 1. The van der Waals surface area contributed by atoms with E-state index in [1.807, 2.05) is 13.8 Å². The maximum absolute atomic E-state index is 13.4. The number of nitrogens with zero attached hydrogens (tertiary/aromatic N) is 2. The normalized spacial score (nSPS) is 13.9. The molecule has 0 aliphatic rings. The minimum Gasteiger partial charge on any atom is -0.489 e. The third-order valence-electron chi connectivity index (χ3n) is 3.66. The molecule has 1 unspecified atom stereocenters. The fraction of sp³-hybridized carbons (Fsp3) is 0.444. The molecule has 2 aromatic rings. The lowest BCUT2D eigenvalue weighted by Crippen LogP contribution is -2.49. The Morgan fingerprint density at radius 1 is 1.16 bits per heavy atom. The highest BCUT2D eigenvalue weighted by Crippen LogP contribution is 2.31. The highest BCUT2D eigenvalue weighted by molar-refractivity contribution is 5.59. The summed E-state index contributed by atoms with van der Waals surface area (Å²) < 4.78 is 45.5. The van der Waals surface area contributed by atoms with Gasteiger partial charge in [-0.25, -0.2) is 18.2 Å². The number of aromatic nitrogens is 2. The first-order valence-electron chi connectivity index (χ1n) is 8.02.